The maximum Gasteiger partial charge on any atom is 0.389 e. The van der Waals surface area contributed by atoms with Gasteiger partial charge in [0.2, 0.25) is 5.91 Å². The Morgan fingerprint density at radius 2 is 2.16 bits per heavy atom. The van der Waals surface area contributed by atoms with Crippen LogP contribution in [-0.4, -0.2) is 33.4 Å². The molecule has 1 rings (SSSR count). The van der Waals surface area contributed by atoms with E-state index in [1.54, 1.807) is 6.33 Å². The van der Waals surface area contributed by atoms with Gasteiger partial charge in [0.25, 0.3) is 0 Å². The lowest BCUT2D eigenvalue weighted by atomic mass is 10.3. The molecule has 19 heavy (non-hydrogen) atoms. The van der Waals surface area contributed by atoms with Crippen LogP contribution >= 0.6 is 0 Å². The smallest absolute Gasteiger partial charge is 0.356 e. The van der Waals surface area contributed by atoms with E-state index in [-0.39, 0.29) is 12.6 Å². The molecule has 1 aromatic heterocycles. The van der Waals surface area contributed by atoms with Crippen LogP contribution in [0.5, 0.6) is 0 Å². The van der Waals surface area contributed by atoms with Crippen LogP contribution in [-0.2, 0) is 11.2 Å². The van der Waals surface area contributed by atoms with Crippen LogP contribution in [0.1, 0.15) is 38.6 Å². The van der Waals surface area contributed by atoms with Gasteiger partial charge in [0.15, 0.2) is 0 Å². The van der Waals surface area contributed by atoms with Gasteiger partial charge >= 0.3 is 6.18 Å². The quantitative estimate of drug-likeness (QED) is 0.864. The number of rotatable bonds is 6. The topological polar surface area (TPSA) is 59.8 Å². The first-order valence-corrected chi connectivity index (χ1v) is 6.01. The van der Waals surface area contributed by atoms with Gasteiger partial charge < -0.3 is 9.88 Å². The SMILES string of the molecule is CC(C)n1cnnc1CCNC(=O)CCC(F)(F)F. The van der Waals surface area contributed by atoms with Crippen LogP contribution in [0, 0.1) is 0 Å². The molecule has 0 spiro atoms. The van der Waals surface area contributed by atoms with Crippen molar-refractivity contribution < 1.29 is 18.0 Å². The molecule has 1 aromatic rings. The van der Waals surface area contributed by atoms with Crippen molar-refractivity contribution in [2.45, 2.75) is 45.3 Å². The molecule has 0 aliphatic carbocycles. The fourth-order valence-electron chi connectivity index (χ4n) is 1.53. The molecule has 0 radical (unpaired) electrons. The zero-order valence-corrected chi connectivity index (χ0v) is 10.9. The Balaban J connectivity index is 2.30. The Hall–Kier alpha value is -1.60. The number of nitrogens with one attached hydrogen (secondary N) is 1. The average Bonchev–Trinajstić information content (AvgIpc) is 2.74. The minimum atomic E-state index is -4.30. The van der Waals surface area contributed by atoms with Crippen LogP contribution in [0.25, 0.3) is 0 Å². The number of nitrogens with zero attached hydrogens (tertiary/aromatic N) is 3. The zero-order chi connectivity index (χ0) is 14.5. The maximum absolute atomic E-state index is 11.9. The first kappa shape index (κ1) is 15.5. The molecular weight excluding hydrogens is 261 g/mol. The third-order valence-corrected chi connectivity index (χ3v) is 2.51. The van der Waals surface area contributed by atoms with E-state index >= 15 is 0 Å². The first-order chi connectivity index (χ1) is 8.79. The third-order valence-electron chi connectivity index (χ3n) is 2.51. The van der Waals surface area contributed by atoms with Gasteiger partial charge in [-0.15, -0.1) is 10.2 Å². The maximum atomic E-state index is 11.9. The monoisotopic (exact) mass is 278 g/mol. The van der Waals surface area contributed by atoms with Gasteiger partial charge in [0, 0.05) is 25.4 Å². The largest absolute Gasteiger partial charge is 0.389 e. The molecule has 108 valence electrons. The fraction of sp³-hybridized carbons (Fsp3) is 0.727. The lowest BCUT2D eigenvalue weighted by Crippen LogP contribution is -2.27. The number of alkyl halides is 3. The number of hydrogen-bond donors (Lipinski definition) is 1. The molecule has 0 saturated heterocycles. The Morgan fingerprint density at radius 3 is 2.74 bits per heavy atom. The van der Waals surface area contributed by atoms with Crippen LogP contribution in [0.4, 0.5) is 13.2 Å². The van der Waals surface area contributed by atoms with E-state index in [1.807, 2.05) is 18.4 Å². The van der Waals surface area contributed by atoms with E-state index in [0.29, 0.717) is 12.2 Å². The number of aromatic nitrogens is 3. The highest BCUT2D eigenvalue weighted by Gasteiger charge is 2.27. The summed E-state index contributed by atoms with van der Waals surface area (Å²) >= 11 is 0. The number of amides is 1. The Bertz CT molecular complexity index is 414. The summed E-state index contributed by atoms with van der Waals surface area (Å²) in [5.74, 6) is 0.0964. The van der Waals surface area contributed by atoms with Crippen molar-refractivity contribution in [1.82, 2.24) is 20.1 Å². The van der Waals surface area contributed by atoms with E-state index < -0.39 is 24.9 Å². The predicted molar refractivity (Wildman–Crippen MR) is 62.4 cm³/mol. The predicted octanol–water partition coefficient (Wildman–Crippen LogP) is 1.86. The van der Waals surface area contributed by atoms with Crippen molar-refractivity contribution in [3.63, 3.8) is 0 Å². The Kier molecular flexibility index (Phi) is 5.31. The molecule has 5 nitrogen and oxygen atoms in total. The molecule has 0 unspecified atom stereocenters. The van der Waals surface area contributed by atoms with E-state index in [2.05, 4.69) is 15.5 Å². The zero-order valence-electron chi connectivity index (χ0n) is 10.9. The molecule has 0 aromatic carbocycles. The van der Waals surface area contributed by atoms with E-state index in [1.165, 1.54) is 0 Å². The summed E-state index contributed by atoms with van der Waals surface area (Å²) in [5, 5.41) is 10.1. The second-order valence-corrected chi connectivity index (χ2v) is 4.46. The van der Waals surface area contributed by atoms with Crippen LogP contribution in [0.2, 0.25) is 0 Å². The van der Waals surface area contributed by atoms with Crippen molar-refractivity contribution in [3.05, 3.63) is 12.2 Å². The summed E-state index contributed by atoms with van der Waals surface area (Å²) in [6, 6.07) is 0.200. The fourth-order valence-corrected chi connectivity index (χ4v) is 1.53. The first-order valence-electron chi connectivity index (χ1n) is 6.01. The van der Waals surface area contributed by atoms with Crippen molar-refractivity contribution in [2.24, 2.45) is 0 Å². The lowest BCUT2D eigenvalue weighted by molar-refractivity contribution is -0.144. The standard InChI is InChI=1S/C11H17F3N4O/c1-8(2)18-7-16-17-9(18)4-6-15-10(19)3-5-11(12,13)14/h7-8H,3-6H2,1-2H3,(H,15,19). The van der Waals surface area contributed by atoms with Crippen LogP contribution < -0.4 is 5.32 Å². The molecule has 1 N–H and O–H groups in total. The Morgan fingerprint density at radius 1 is 1.47 bits per heavy atom. The molecule has 0 saturated carbocycles. The van der Waals surface area contributed by atoms with Gasteiger partial charge in [-0.3, -0.25) is 4.79 Å². The highest BCUT2D eigenvalue weighted by atomic mass is 19.4. The molecule has 0 bridgehead atoms. The summed E-state index contributed by atoms with van der Waals surface area (Å²) in [4.78, 5) is 11.2. The molecule has 1 heterocycles. The van der Waals surface area contributed by atoms with E-state index in [4.69, 9.17) is 0 Å². The van der Waals surface area contributed by atoms with Crippen molar-refractivity contribution in [2.75, 3.05) is 6.54 Å². The Labute approximate surface area is 109 Å². The van der Waals surface area contributed by atoms with Crippen molar-refractivity contribution >= 4 is 5.91 Å². The summed E-state index contributed by atoms with van der Waals surface area (Å²) in [5.41, 5.74) is 0. The van der Waals surface area contributed by atoms with Crippen LogP contribution in [0.3, 0.4) is 0 Å². The van der Waals surface area contributed by atoms with E-state index in [9.17, 15) is 18.0 Å². The van der Waals surface area contributed by atoms with Gasteiger partial charge in [0.1, 0.15) is 12.2 Å². The molecular formula is C11H17F3N4O. The third kappa shape index (κ3) is 5.71. The summed E-state index contributed by atoms with van der Waals surface area (Å²) in [6.45, 7) is 4.19. The molecule has 0 fully saturated rings. The molecule has 0 atom stereocenters. The molecule has 0 aliphatic heterocycles. The highest BCUT2D eigenvalue weighted by molar-refractivity contribution is 5.75. The lowest BCUT2D eigenvalue weighted by Gasteiger charge is -2.10. The number of carbonyl (C=O) groups is 1. The van der Waals surface area contributed by atoms with Gasteiger partial charge in [-0.2, -0.15) is 13.2 Å². The van der Waals surface area contributed by atoms with Gasteiger partial charge in [-0.25, -0.2) is 0 Å². The van der Waals surface area contributed by atoms with Crippen molar-refractivity contribution in [3.8, 4) is 0 Å². The number of halogens is 3. The average molecular weight is 278 g/mol. The second kappa shape index (κ2) is 6.53. The summed E-state index contributed by atoms with van der Waals surface area (Å²) < 4.78 is 37.6. The number of carbonyl (C=O) groups excluding carboxylic acids is 1. The normalized spacial score (nSPS) is 11.9. The molecule has 0 aliphatic rings. The minimum Gasteiger partial charge on any atom is -0.356 e. The number of hydrogen-bond acceptors (Lipinski definition) is 3. The van der Waals surface area contributed by atoms with Crippen LogP contribution in [0.15, 0.2) is 6.33 Å². The summed E-state index contributed by atoms with van der Waals surface area (Å²) in [6.07, 6.45) is -3.90. The van der Waals surface area contributed by atoms with Gasteiger partial charge in [0.05, 0.1) is 6.42 Å². The van der Waals surface area contributed by atoms with Gasteiger partial charge in [-0.1, -0.05) is 0 Å². The molecule has 8 heteroatoms. The summed E-state index contributed by atoms with van der Waals surface area (Å²) in [7, 11) is 0. The van der Waals surface area contributed by atoms with E-state index in [0.717, 1.165) is 0 Å². The minimum absolute atomic E-state index is 0.200. The highest BCUT2D eigenvalue weighted by Crippen LogP contribution is 2.20. The van der Waals surface area contributed by atoms with Gasteiger partial charge in [-0.05, 0) is 13.8 Å². The molecule has 1 amide bonds. The second-order valence-electron chi connectivity index (χ2n) is 4.46. The van der Waals surface area contributed by atoms with Crippen molar-refractivity contribution in [1.29, 1.82) is 0 Å².